The smallest absolute Gasteiger partial charge is 0.268 e. The molecule has 2 heterocycles. The summed E-state index contributed by atoms with van der Waals surface area (Å²) in [5.41, 5.74) is 4.64. The molecule has 0 radical (unpaired) electrons. The number of rotatable bonds is 2. The lowest BCUT2D eigenvalue weighted by atomic mass is 9.94. The number of para-hydroxylation sites is 1. The van der Waals surface area contributed by atoms with Crippen molar-refractivity contribution in [3.63, 3.8) is 0 Å². The summed E-state index contributed by atoms with van der Waals surface area (Å²) in [5, 5.41) is 0.266. The van der Waals surface area contributed by atoms with E-state index >= 15 is 0 Å². The molecule has 128 valence electrons. The van der Waals surface area contributed by atoms with E-state index in [1.165, 1.54) is 0 Å². The number of hydrogen-bond acceptors (Lipinski definition) is 2. The number of aromatic amines is 1. The minimum atomic E-state index is -0.250. The maximum absolute atomic E-state index is 13.4. The van der Waals surface area contributed by atoms with Crippen LogP contribution in [0.25, 0.3) is 22.2 Å². The maximum Gasteiger partial charge on any atom is 0.268 e. The van der Waals surface area contributed by atoms with Crippen LogP contribution in [0.2, 0.25) is 0 Å². The van der Waals surface area contributed by atoms with Crippen LogP contribution in [-0.4, -0.2) is 9.55 Å². The van der Waals surface area contributed by atoms with Gasteiger partial charge in [0.2, 0.25) is 0 Å². The third-order valence-electron chi connectivity index (χ3n) is 5.32. The fourth-order valence-corrected chi connectivity index (χ4v) is 3.94. The predicted molar refractivity (Wildman–Crippen MR) is 104 cm³/mol. The van der Waals surface area contributed by atoms with E-state index in [1.54, 1.807) is 4.57 Å². The Kier molecular flexibility index (Phi) is 3.32. The highest BCUT2D eigenvalue weighted by Crippen LogP contribution is 2.26. The molecule has 0 bridgehead atoms. The number of H-pyrrole nitrogens is 1. The summed E-state index contributed by atoms with van der Waals surface area (Å²) in [4.78, 5) is 29.9. The molecule has 0 saturated carbocycles. The first-order chi connectivity index (χ1) is 12.7. The van der Waals surface area contributed by atoms with E-state index in [-0.39, 0.29) is 16.4 Å². The Labute approximate surface area is 150 Å². The fourth-order valence-electron chi connectivity index (χ4n) is 3.94. The molecule has 3 aromatic rings. The van der Waals surface area contributed by atoms with Gasteiger partial charge >= 0.3 is 0 Å². The summed E-state index contributed by atoms with van der Waals surface area (Å²) in [6.45, 7) is 0. The van der Waals surface area contributed by atoms with E-state index in [2.05, 4.69) is 4.98 Å². The van der Waals surface area contributed by atoms with Gasteiger partial charge in [0.15, 0.2) is 5.43 Å². The topological polar surface area (TPSA) is 54.9 Å². The number of aromatic nitrogens is 2. The molecule has 1 N–H and O–H groups in total. The summed E-state index contributed by atoms with van der Waals surface area (Å²) in [6.07, 6.45) is 9.63. The molecular weight excluding hydrogens is 324 g/mol. The third kappa shape index (κ3) is 2.15. The first-order valence-electron chi connectivity index (χ1n) is 9.02. The summed E-state index contributed by atoms with van der Waals surface area (Å²) in [5.74, 6) is 0. The second-order valence-electron chi connectivity index (χ2n) is 6.89. The van der Waals surface area contributed by atoms with Crippen LogP contribution in [0.5, 0.6) is 0 Å². The normalized spacial score (nSPS) is 15.5. The van der Waals surface area contributed by atoms with Gasteiger partial charge in [0.05, 0.1) is 11.2 Å². The Balaban J connectivity index is 1.91. The molecule has 0 amide bonds. The molecule has 4 heteroatoms. The quantitative estimate of drug-likeness (QED) is 0.775. The summed E-state index contributed by atoms with van der Waals surface area (Å²) in [7, 11) is 0. The number of nitrogens with one attached hydrogen (secondary N) is 1. The van der Waals surface area contributed by atoms with E-state index in [0.717, 1.165) is 53.9 Å². The molecule has 2 aliphatic carbocycles. The van der Waals surface area contributed by atoms with E-state index in [1.807, 2.05) is 54.6 Å². The molecule has 0 atom stereocenters. The Morgan fingerprint density at radius 2 is 1.77 bits per heavy atom. The average Bonchev–Trinajstić information content (AvgIpc) is 2.61. The van der Waals surface area contributed by atoms with E-state index in [0.29, 0.717) is 5.52 Å². The van der Waals surface area contributed by atoms with Crippen molar-refractivity contribution < 1.29 is 0 Å². The van der Waals surface area contributed by atoms with Gasteiger partial charge in [-0.25, -0.2) is 0 Å². The fraction of sp³-hybridized carbons (Fsp3) is 0.182. The highest BCUT2D eigenvalue weighted by Gasteiger charge is 2.21. The molecule has 5 rings (SSSR count). The largest absolute Gasteiger partial charge is 0.358 e. The number of pyridine rings is 2. The van der Waals surface area contributed by atoms with Gasteiger partial charge in [0, 0.05) is 16.9 Å². The number of hydrogen-bond donors (Lipinski definition) is 1. The molecule has 1 aromatic carbocycles. The first kappa shape index (κ1) is 15.1. The van der Waals surface area contributed by atoms with Crippen molar-refractivity contribution in [3.05, 3.63) is 92.2 Å². The molecule has 0 aliphatic heterocycles. The molecule has 26 heavy (non-hydrogen) atoms. The molecule has 4 nitrogen and oxygen atoms in total. The van der Waals surface area contributed by atoms with Crippen LogP contribution in [0.3, 0.4) is 0 Å². The first-order valence-corrected chi connectivity index (χ1v) is 9.02. The number of allylic oxidation sites excluding steroid dienone is 4. The lowest BCUT2D eigenvalue weighted by Crippen LogP contribution is -2.29. The van der Waals surface area contributed by atoms with Crippen LogP contribution in [0, 0.1) is 0 Å². The van der Waals surface area contributed by atoms with Crippen LogP contribution in [-0.2, 0) is 12.8 Å². The van der Waals surface area contributed by atoms with Crippen molar-refractivity contribution in [2.75, 3.05) is 0 Å². The summed E-state index contributed by atoms with van der Waals surface area (Å²) in [6, 6.07) is 11.4. The van der Waals surface area contributed by atoms with Gasteiger partial charge in [0.1, 0.15) is 5.39 Å². The standard InChI is InChI=1S/C22H18N2O2/c25-21-16-11-4-5-12-17(16)23-18-13-19(14-7-6-8-14)24(22(26)20(18)21)15-9-2-1-3-10-15/h1-3,6-10,13H,4-5,11-12H2,(H,23,25). The van der Waals surface area contributed by atoms with Crippen molar-refractivity contribution in [2.24, 2.45) is 0 Å². The molecule has 2 aliphatic rings. The van der Waals surface area contributed by atoms with Crippen molar-refractivity contribution in [1.82, 2.24) is 9.55 Å². The zero-order valence-electron chi connectivity index (χ0n) is 14.3. The molecule has 2 aromatic heterocycles. The lowest BCUT2D eigenvalue weighted by molar-refractivity contribution is 0.667. The number of aryl methyl sites for hydroxylation is 1. The minimum absolute atomic E-state index is 0.104. The zero-order chi connectivity index (χ0) is 17.7. The highest BCUT2D eigenvalue weighted by atomic mass is 16.1. The van der Waals surface area contributed by atoms with E-state index < -0.39 is 0 Å². The second-order valence-corrected chi connectivity index (χ2v) is 6.89. The number of benzene rings is 1. The minimum Gasteiger partial charge on any atom is -0.358 e. The Bertz CT molecular complexity index is 1210. The van der Waals surface area contributed by atoms with Crippen molar-refractivity contribution in [2.45, 2.75) is 25.7 Å². The zero-order valence-corrected chi connectivity index (χ0v) is 14.3. The average molecular weight is 342 g/mol. The molecule has 0 spiro atoms. The van der Waals surface area contributed by atoms with Crippen LogP contribution in [0.4, 0.5) is 0 Å². The number of fused-ring (bicyclic) bond motifs is 2. The Hall–Kier alpha value is -3.14. The SMILES string of the molecule is O=c1c2c([nH]c3cc(C4=CC=C4)n(-c4ccccc4)c(=O)c13)CCCC2. The van der Waals surface area contributed by atoms with Crippen LogP contribution in [0.1, 0.15) is 29.8 Å². The number of nitrogens with zero attached hydrogens (tertiary/aromatic N) is 1. The van der Waals surface area contributed by atoms with Gasteiger partial charge in [-0.2, -0.15) is 0 Å². The van der Waals surface area contributed by atoms with Gasteiger partial charge in [-0.3, -0.25) is 14.2 Å². The third-order valence-corrected chi connectivity index (χ3v) is 5.32. The van der Waals surface area contributed by atoms with Crippen LogP contribution < -0.4 is 11.0 Å². The molecule has 0 fully saturated rings. The Morgan fingerprint density at radius 3 is 2.50 bits per heavy atom. The van der Waals surface area contributed by atoms with Gasteiger partial charge < -0.3 is 4.98 Å². The van der Waals surface area contributed by atoms with Crippen molar-refractivity contribution in [1.29, 1.82) is 0 Å². The maximum atomic E-state index is 13.4. The molecule has 0 unspecified atom stereocenters. The van der Waals surface area contributed by atoms with E-state index in [4.69, 9.17) is 0 Å². The predicted octanol–water partition coefficient (Wildman–Crippen LogP) is 3.51. The Morgan fingerprint density at radius 1 is 1.00 bits per heavy atom. The lowest BCUT2D eigenvalue weighted by Gasteiger charge is -2.20. The highest BCUT2D eigenvalue weighted by molar-refractivity contribution is 5.87. The monoisotopic (exact) mass is 342 g/mol. The molecule has 0 saturated heterocycles. The summed E-state index contributed by atoms with van der Waals surface area (Å²) >= 11 is 0. The van der Waals surface area contributed by atoms with Crippen molar-refractivity contribution in [3.8, 4) is 5.69 Å². The van der Waals surface area contributed by atoms with Gasteiger partial charge in [0.25, 0.3) is 5.56 Å². The van der Waals surface area contributed by atoms with Crippen LogP contribution >= 0.6 is 0 Å². The molecular formula is C22H18N2O2. The van der Waals surface area contributed by atoms with Crippen LogP contribution in [0.15, 0.2) is 64.2 Å². The van der Waals surface area contributed by atoms with E-state index in [9.17, 15) is 9.59 Å². The van der Waals surface area contributed by atoms with Gasteiger partial charge in [-0.05, 0) is 49.5 Å². The van der Waals surface area contributed by atoms with Gasteiger partial charge in [-0.1, -0.05) is 36.4 Å². The van der Waals surface area contributed by atoms with Crippen molar-refractivity contribution >= 4 is 16.5 Å². The second kappa shape index (κ2) is 5.70. The summed E-state index contributed by atoms with van der Waals surface area (Å²) < 4.78 is 1.65. The van der Waals surface area contributed by atoms with Gasteiger partial charge in [-0.15, -0.1) is 0 Å².